The molecule has 4 aromatic heterocycles. The van der Waals surface area contributed by atoms with Crippen LogP contribution < -0.4 is 0 Å². The Morgan fingerprint density at radius 3 is 2.89 bits per heavy atom. The van der Waals surface area contributed by atoms with E-state index >= 15 is 4.39 Å². The minimum Gasteiger partial charge on any atom is -0.275 e. The van der Waals surface area contributed by atoms with Gasteiger partial charge in [0.25, 0.3) is 0 Å². The molecule has 0 bridgehead atoms. The van der Waals surface area contributed by atoms with Crippen LogP contribution in [0.5, 0.6) is 0 Å². The molecule has 4 heterocycles. The van der Waals surface area contributed by atoms with Crippen LogP contribution in [0.4, 0.5) is 4.39 Å². The first kappa shape index (κ1) is 16.0. The molecule has 5 rings (SSSR count). The van der Waals surface area contributed by atoms with Crippen LogP contribution in [-0.2, 0) is 7.05 Å². The molecule has 0 radical (unpaired) electrons. The van der Waals surface area contributed by atoms with E-state index in [0.717, 1.165) is 10.6 Å². The summed E-state index contributed by atoms with van der Waals surface area (Å²) in [5.74, 6) is -0.000419. The smallest absolute Gasteiger partial charge is 0.235 e. The second kappa shape index (κ2) is 5.92. The molecule has 0 aliphatic rings. The van der Waals surface area contributed by atoms with Gasteiger partial charge < -0.3 is 0 Å². The fourth-order valence-corrected chi connectivity index (χ4v) is 3.98. The number of rotatable bonds is 3. The summed E-state index contributed by atoms with van der Waals surface area (Å²) < 4.78 is 18.5. The minimum atomic E-state index is -0.312. The zero-order valence-electron chi connectivity index (χ0n) is 14.5. The number of fused-ring (bicyclic) bond motifs is 2. The van der Waals surface area contributed by atoms with Crippen LogP contribution in [0.25, 0.3) is 26.4 Å². The molecule has 27 heavy (non-hydrogen) atoms. The summed E-state index contributed by atoms with van der Waals surface area (Å²) >= 11 is 1.43. The lowest BCUT2D eigenvalue weighted by Gasteiger charge is -2.11. The Morgan fingerprint density at radius 1 is 1.19 bits per heavy atom. The molecular weight excluding hydrogens is 365 g/mol. The lowest BCUT2D eigenvalue weighted by molar-refractivity contribution is 0.606. The molecule has 0 amide bonds. The predicted molar refractivity (Wildman–Crippen MR) is 100 cm³/mol. The minimum absolute atomic E-state index is 0.285. The number of hydrogen-bond donors (Lipinski definition) is 0. The van der Waals surface area contributed by atoms with Crippen molar-refractivity contribution >= 4 is 27.2 Å². The predicted octanol–water partition coefficient (Wildman–Crippen LogP) is 3.43. The van der Waals surface area contributed by atoms with Crippen molar-refractivity contribution in [3.63, 3.8) is 0 Å². The zero-order chi connectivity index (χ0) is 18.5. The molecule has 0 saturated carbocycles. The summed E-state index contributed by atoms with van der Waals surface area (Å²) in [6.07, 6.45) is 5.30. The van der Waals surface area contributed by atoms with Gasteiger partial charge >= 0.3 is 0 Å². The maximum absolute atomic E-state index is 15.1. The molecule has 1 atom stereocenters. The van der Waals surface area contributed by atoms with Crippen molar-refractivity contribution in [2.24, 2.45) is 7.05 Å². The number of benzene rings is 1. The van der Waals surface area contributed by atoms with Crippen molar-refractivity contribution in [3.8, 4) is 10.6 Å². The van der Waals surface area contributed by atoms with Crippen LogP contribution in [0.3, 0.4) is 0 Å². The highest BCUT2D eigenvalue weighted by Gasteiger charge is 2.23. The van der Waals surface area contributed by atoms with Crippen molar-refractivity contribution in [1.29, 1.82) is 0 Å². The molecule has 0 aliphatic carbocycles. The van der Waals surface area contributed by atoms with Crippen molar-refractivity contribution < 1.29 is 4.39 Å². The van der Waals surface area contributed by atoms with Gasteiger partial charge in [-0.2, -0.15) is 14.7 Å². The molecule has 134 valence electrons. The van der Waals surface area contributed by atoms with Gasteiger partial charge in [0.15, 0.2) is 10.8 Å². The van der Waals surface area contributed by atoms with Crippen LogP contribution in [-0.4, -0.2) is 34.6 Å². The van der Waals surface area contributed by atoms with Crippen LogP contribution in [0.2, 0.25) is 0 Å². The van der Waals surface area contributed by atoms with Crippen molar-refractivity contribution in [3.05, 3.63) is 60.1 Å². The molecule has 7 nitrogen and oxygen atoms in total. The van der Waals surface area contributed by atoms with Gasteiger partial charge in [-0.25, -0.2) is 4.39 Å². The Kier molecular flexibility index (Phi) is 3.51. The maximum Gasteiger partial charge on any atom is 0.235 e. The lowest BCUT2D eigenvalue weighted by Crippen LogP contribution is -2.06. The second-order valence-corrected chi connectivity index (χ2v) is 7.28. The SMILES string of the molecule is C[C@H](c1ccc2ncccc2c1F)c1nnc2sc(-c3cnn(C)c3)nn12. The van der Waals surface area contributed by atoms with Gasteiger partial charge in [-0.15, -0.1) is 10.2 Å². The highest BCUT2D eigenvalue weighted by molar-refractivity contribution is 7.19. The number of hydrogen-bond acceptors (Lipinski definition) is 6. The quantitative estimate of drug-likeness (QED) is 0.480. The Hall–Kier alpha value is -3.20. The zero-order valence-corrected chi connectivity index (χ0v) is 15.4. The Morgan fingerprint density at radius 2 is 2.07 bits per heavy atom. The van der Waals surface area contributed by atoms with Crippen molar-refractivity contribution in [1.82, 2.24) is 34.6 Å². The normalized spacial score (nSPS) is 12.9. The van der Waals surface area contributed by atoms with E-state index in [0.29, 0.717) is 27.3 Å². The third kappa shape index (κ3) is 2.50. The van der Waals surface area contributed by atoms with Gasteiger partial charge in [0.1, 0.15) is 5.82 Å². The summed E-state index contributed by atoms with van der Waals surface area (Å²) in [7, 11) is 1.86. The van der Waals surface area contributed by atoms with Gasteiger partial charge in [0.05, 0.1) is 17.3 Å². The summed E-state index contributed by atoms with van der Waals surface area (Å²) in [5.41, 5.74) is 2.08. The van der Waals surface area contributed by atoms with Gasteiger partial charge in [-0.3, -0.25) is 9.67 Å². The molecule has 0 saturated heterocycles. The molecule has 0 N–H and O–H groups in total. The third-order valence-corrected chi connectivity index (χ3v) is 5.52. The molecule has 0 fully saturated rings. The summed E-state index contributed by atoms with van der Waals surface area (Å²) in [6, 6.07) is 7.04. The van der Waals surface area contributed by atoms with E-state index in [1.54, 1.807) is 39.8 Å². The van der Waals surface area contributed by atoms with E-state index in [2.05, 4.69) is 25.4 Å². The van der Waals surface area contributed by atoms with Gasteiger partial charge in [0, 0.05) is 30.7 Å². The van der Waals surface area contributed by atoms with Crippen molar-refractivity contribution in [2.45, 2.75) is 12.8 Å². The molecule has 0 aliphatic heterocycles. The van der Waals surface area contributed by atoms with Gasteiger partial charge in [-0.05, 0) is 23.8 Å². The Balaban J connectivity index is 1.61. The Labute approximate surface area is 157 Å². The average Bonchev–Trinajstić information content (AvgIpc) is 3.37. The van der Waals surface area contributed by atoms with E-state index in [4.69, 9.17) is 0 Å². The van der Waals surface area contributed by atoms with E-state index < -0.39 is 0 Å². The topological polar surface area (TPSA) is 73.8 Å². The monoisotopic (exact) mass is 379 g/mol. The van der Waals surface area contributed by atoms with Crippen molar-refractivity contribution in [2.75, 3.05) is 0 Å². The van der Waals surface area contributed by atoms with Crippen LogP contribution >= 0.6 is 11.3 Å². The molecule has 1 aromatic carbocycles. The van der Waals surface area contributed by atoms with E-state index in [-0.39, 0.29) is 11.7 Å². The average molecular weight is 379 g/mol. The highest BCUT2D eigenvalue weighted by atomic mass is 32.1. The van der Waals surface area contributed by atoms with Crippen LogP contribution in [0, 0.1) is 5.82 Å². The molecule has 9 heteroatoms. The first-order chi connectivity index (χ1) is 13.1. The maximum atomic E-state index is 15.1. The standard InChI is InChI=1S/C18H14FN7S/c1-10(12-5-6-14-13(15(12)19)4-3-7-20-14)16-22-23-18-26(16)24-17(27-18)11-8-21-25(2)9-11/h3-10H,1-2H3/t10-/m1/s1. The van der Waals surface area contributed by atoms with E-state index in [9.17, 15) is 0 Å². The summed E-state index contributed by atoms with van der Waals surface area (Å²) in [5, 5.41) is 18.6. The third-order valence-electron chi connectivity index (χ3n) is 4.57. The molecule has 0 spiro atoms. The first-order valence-electron chi connectivity index (χ1n) is 8.36. The second-order valence-electron chi connectivity index (χ2n) is 6.32. The number of aryl methyl sites for hydroxylation is 1. The van der Waals surface area contributed by atoms with E-state index in [1.807, 2.05) is 26.2 Å². The van der Waals surface area contributed by atoms with Gasteiger partial charge in [0.2, 0.25) is 4.96 Å². The molecule has 0 unspecified atom stereocenters. The number of pyridine rings is 1. The Bertz CT molecular complexity index is 1290. The van der Waals surface area contributed by atoms with Crippen LogP contribution in [0.15, 0.2) is 42.9 Å². The fraction of sp³-hybridized carbons (Fsp3) is 0.167. The largest absolute Gasteiger partial charge is 0.275 e. The molecular formula is C18H14FN7S. The molecule has 5 aromatic rings. The van der Waals surface area contributed by atoms with E-state index in [1.165, 1.54) is 11.3 Å². The fourth-order valence-electron chi connectivity index (χ4n) is 3.16. The number of halogens is 1. The summed E-state index contributed by atoms with van der Waals surface area (Å²) in [6.45, 7) is 1.90. The highest BCUT2D eigenvalue weighted by Crippen LogP contribution is 2.31. The number of aromatic nitrogens is 7. The lowest BCUT2D eigenvalue weighted by atomic mass is 9.97. The first-order valence-corrected chi connectivity index (χ1v) is 9.18. The number of nitrogens with zero attached hydrogens (tertiary/aromatic N) is 7. The van der Waals surface area contributed by atoms with Crippen LogP contribution in [0.1, 0.15) is 24.2 Å². The summed E-state index contributed by atoms with van der Waals surface area (Å²) in [4.78, 5) is 4.87. The van der Waals surface area contributed by atoms with Gasteiger partial charge in [-0.1, -0.05) is 24.3 Å².